The number of para-hydroxylation sites is 1. The molecule has 0 aliphatic carbocycles. The molecule has 1 fully saturated rings. The Morgan fingerprint density at radius 2 is 1.96 bits per heavy atom. The average molecular weight is 318 g/mol. The molecule has 1 aliphatic rings. The SMILES string of the molecule is CC(=O)Nc1ccccc1CC(=O)N1CC(C(=O)O)CCC1C. The molecule has 1 aromatic rings. The Hall–Kier alpha value is -2.37. The minimum atomic E-state index is -0.853. The average Bonchev–Trinajstić information content (AvgIpc) is 2.48. The monoisotopic (exact) mass is 318 g/mol. The summed E-state index contributed by atoms with van der Waals surface area (Å²) in [6.45, 7) is 3.61. The van der Waals surface area contributed by atoms with Crippen LogP contribution in [-0.4, -0.2) is 40.4 Å². The largest absolute Gasteiger partial charge is 0.481 e. The van der Waals surface area contributed by atoms with Crippen LogP contribution in [0.15, 0.2) is 24.3 Å². The van der Waals surface area contributed by atoms with Gasteiger partial charge in [0.05, 0.1) is 12.3 Å². The van der Waals surface area contributed by atoms with E-state index in [1.807, 2.05) is 13.0 Å². The molecule has 1 aromatic carbocycles. The van der Waals surface area contributed by atoms with Crippen molar-refractivity contribution in [1.29, 1.82) is 0 Å². The van der Waals surface area contributed by atoms with Crippen molar-refractivity contribution in [2.24, 2.45) is 5.92 Å². The molecule has 6 heteroatoms. The zero-order valence-electron chi connectivity index (χ0n) is 13.4. The van der Waals surface area contributed by atoms with E-state index < -0.39 is 11.9 Å². The van der Waals surface area contributed by atoms with Gasteiger partial charge in [0.15, 0.2) is 0 Å². The predicted octanol–water partition coefficient (Wildman–Crippen LogP) is 1.90. The molecular formula is C17H22N2O4. The quantitative estimate of drug-likeness (QED) is 0.887. The van der Waals surface area contributed by atoms with Crippen molar-refractivity contribution in [3.63, 3.8) is 0 Å². The summed E-state index contributed by atoms with van der Waals surface area (Å²) in [7, 11) is 0. The van der Waals surface area contributed by atoms with Crippen molar-refractivity contribution in [2.75, 3.05) is 11.9 Å². The molecule has 2 N–H and O–H groups in total. The Morgan fingerprint density at radius 3 is 2.61 bits per heavy atom. The summed E-state index contributed by atoms with van der Waals surface area (Å²) >= 11 is 0. The van der Waals surface area contributed by atoms with Gasteiger partial charge in [-0.1, -0.05) is 18.2 Å². The number of rotatable bonds is 4. The lowest BCUT2D eigenvalue weighted by Crippen LogP contribution is -2.48. The minimum absolute atomic E-state index is 0.0334. The van der Waals surface area contributed by atoms with Gasteiger partial charge in [-0.25, -0.2) is 0 Å². The number of amides is 2. The number of carboxylic acids is 1. The highest BCUT2D eigenvalue weighted by Crippen LogP contribution is 2.24. The van der Waals surface area contributed by atoms with Gasteiger partial charge in [-0.15, -0.1) is 0 Å². The van der Waals surface area contributed by atoms with Crippen molar-refractivity contribution >= 4 is 23.5 Å². The first-order valence-electron chi connectivity index (χ1n) is 7.76. The number of anilines is 1. The number of hydrogen-bond acceptors (Lipinski definition) is 3. The lowest BCUT2D eigenvalue weighted by atomic mass is 9.93. The maximum atomic E-state index is 12.6. The predicted molar refractivity (Wildman–Crippen MR) is 86.0 cm³/mol. The first kappa shape index (κ1) is 17.0. The summed E-state index contributed by atoms with van der Waals surface area (Å²) in [5, 5.41) is 11.9. The Balaban J connectivity index is 2.12. The third-order valence-corrected chi connectivity index (χ3v) is 4.22. The molecule has 0 radical (unpaired) electrons. The van der Waals surface area contributed by atoms with Crippen LogP contribution in [-0.2, 0) is 20.8 Å². The molecule has 23 heavy (non-hydrogen) atoms. The molecular weight excluding hydrogens is 296 g/mol. The molecule has 2 atom stereocenters. The lowest BCUT2D eigenvalue weighted by Gasteiger charge is -2.36. The van der Waals surface area contributed by atoms with Crippen molar-refractivity contribution in [3.05, 3.63) is 29.8 Å². The molecule has 1 saturated heterocycles. The van der Waals surface area contributed by atoms with Crippen molar-refractivity contribution in [1.82, 2.24) is 4.90 Å². The second-order valence-electron chi connectivity index (χ2n) is 6.02. The van der Waals surface area contributed by atoms with E-state index in [4.69, 9.17) is 0 Å². The number of likely N-dealkylation sites (tertiary alicyclic amines) is 1. The number of benzene rings is 1. The number of nitrogens with zero attached hydrogens (tertiary/aromatic N) is 1. The highest BCUT2D eigenvalue weighted by molar-refractivity contribution is 5.91. The van der Waals surface area contributed by atoms with Crippen LogP contribution in [0.1, 0.15) is 32.3 Å². The standard InChI is InChI=1S/C17H22N2O4/c1-11-7-8-14(17(22)23)10-19(11)16(21)9-13-5-3-4-6-15(13)18-12(2)20/h3-6,11,14H,7-10H2,1-2H3,(H,18,20)(H,22,23). The third kappa shape index (κ3) is 4.31. The van der Waals surface area contributed by atoms with E-state index in [2.05, 4.69) is 5.32 Å². The van der Waals surface area contributed by atoms with Gasteiger partial charge in [-0.3, -0.25) is 14.4 Å². The van der Waals surface area contributed by atoms with E-state index >= 15 is 0 Å². The van der Waals surface area contributed by atoms with Gasteiger partial charge < -0.3 is 15.3 Å². The van der Waals surface area contributed by atoms with Crippen LogP contribution in [0.5, 0.6) is 0 Å². The minimum Gasteiger partial charge on any atom is -0.481 e. The number of aliphatic carboxylic acids is 1. The van der Waals surface area contributed by atoms with E-state index in [0.717, 1.165) is 5.56 Å². The fourth-order valence-corrected chi connectivity index (χ4v) is 2.91. The summed E-state index contributed by atoms with van der Waals surface area (Å²) in [4.78, 5) is 36.7. The van der Waals surface area contributed by atoms with Crippen LogP contribution in [0.4, 0.5) is 5.69 Å². The zero-order valence-corrected chi connectivity index (χ0v) is 13.4. The van der Waals surface area contributed by atoms with E-state index in [1.54, 1.807) is 23.1 Å². The lowest BCUT2D eigenvalue weighted by molar-refractivity contribution is -0.147. The zero-order chi connectivity index (χ0) is 17.0. The van der Waals surface area contributed by atoms with Gasteiger partial charge >= 0.3 is 5.97 Å². The van der Waals surface area contributed by atoms with Crippen molar-refractivity contribution < 1.29 is 19.5 Å². The highest BCUT2D eigenvalue weighted by Gasteiger charge is 2.32. The third-order valence-electron chi connectivity index (χ3n) is 4.22. The Labute approximate surface area is 135 Å². The van der Waals surface area contributed by atoms with E-state index in [9.17, 15) is 19.5 Å². The normalized spacial score (nSPS) is 20.9. The molecule has 0 saturated carbocycles. The molecule has 1 aliphatic heterocycles. The van der Waals surface area contributed by atoms with Gasteiger partial charge in [-0.05, 0) is 31.4 Å². The Bertz CT molecular complexity index is 614. The van der Waals surface area contributed by atoms with Gasteiger partial charge in [0.25, 0.3) is 0 Å². The number of carboxylic acid groups (broad SMARTS) is 1. The second kappa shape index (κ2) is 7.26. The van der Waals surface area contributed by atoms with Gasteiger partial charge in [0.1, 0.15) is 0 Å². The summed E-state index contributed by atoms with van der Waals surface area (Å²) in [6.07, 6.45) is 1.44. The van der Waals surface area contributed by atoms with Crippen LogP contribution >= 0.6 is 0 Å². The smallest absolute Gasteiger partial charge is 0.308 e. The van der Waals surface area contributed by atoms with E-state index in [1.165, 1.54) is 6.92 Å². The molecule has 2 unspecified atom stereocenters. The molecule has 0 spiro atoms. The van der Waals surface area contributed by atoms with E-state index in [-0.39, 0.29) is 30.8 Å². The summed E-state index contributed by atoms with van der Waals surface area (Å²) in [5.74, 6) is -1.66. The number of hydrogen-bond donors (Lipinski definition) is 2. The van der Waals surface area contributed by atoms with Crippen molar-refractivity contribution in [2.45, 2.75) is 39.2 Å². The number of carbonyl (C=O) groups excluding carboxylic acids is 2. The number of carbonyl (C=O) groups is 3. The van der Waals surface area contributed by atoms with Crippen LogP contribution in [0, 0.1) is 5.92 Å². The molecule has 0 bridgehead atoms. The number of nitrogens with one attached hydrogen (secondary N) is 1. The fourth-order valence-electron chi connectivity index (χ4n) is 2.91. The molecule has 1 heterocycles. The second-order valence-corrected chi connectivity index (χ2v) is 6.02. The first-order valence-corrected chi connectivity index (χ1v) is 7.76. The number of piperidine rings is 1. The summed E-state index contributed by atoms with van der Waals surface area (Å²) in [6, 6.07) is 7.19. The van der Waals surface area contributed by atoms with Crippen LogP contribution in [0.3, 0.4) is 0 Å². The molecule has 2 amide bonds. The molecule has 0 aromatic heterocycles. The molecule has 2 rings (SSSR count). The summed E-state index contributed by atoms with van der Waals surface area (Å²) < 4.78 is 0. The van der Waals surface area contributed by atoms with Crippen LogP contribution in [0.25, 0.3) is 0 Å². The fraction of sp³-hybridized carbons (Fsp3) is 0.471. The van der Waals surface area contributed by atoms with Crippen LogP contribution in [0.2, 0.25) is 0 Å². The van der Waals surface area contributed by atoms with Gasteiger partial charge in [0, 0.05) is 25.2 Å². The van der Waals surface area contributed by atoms with Crippen molar-refractivity contribution in [3.8, 4) is 0 Å². The van der Waals surface area contributed by atoms with E-state index in [0.29, 0.717) is 18.5 Å². The summed E-state index contributed by atoms with van der Waals surface area (Å²) in [5.41, 5.74) is 1.35. The first-order chi connectivity index (χ1) is 10.9. The van der Waals surface area contributed by atoms with Gasteiger partial charge in [0.2, 0.25) is 11.8 Å². The van der Waals surface area contributed by atoms with Gasteiger partial charge in [-0.2, -0.15) is 0 Å². The molecule has 124 valence electrons. The highest BCUT2D eigenvalue weighted by atomic mass is 16.4. The Kier molecular flexibility index (Phi) is 5.36. The topological polar surface area (TPSA) is 86.7 Å². The Morgan fingerprint density at radius 1 is 1.26 bits per heavy atom. The maximum absolute atomic E-state index is 12.6. The maximum Gasteiger partial charge on any atom is 0.308 e. The van der Waals surface area contributed by atoms with Crippen LogP contribution < -0.4 is 5.32 Å². The molecule has 6 nitrogen and oxygen atoms in total.